The Balaban J connectivity index is 0.000000364. The number of rotatable bonds is 2. The van der Waals surface area contributed by atoms with Gasteiger partial charge >= 0.3 is 27.7 Å². The molecule has 2 rings (SSSR count). The SMILES string of the molecule is CC1(C(=O)[O-])CCCCC1.CC1(C(=O)[O-])CCCCC1.[Hg+2]. The van der Waals surface area contributed by atoms with Crippen LogP contribution in [-0.4, -0.2) is 11.9 Å². The van der Waals surface area contributed by atoms with Crippen LogP contribution in [0.4, 0.5) is 0 Å². The molecule has 2 aliphatic carbocycles. The molecule has 21 heavy (non-hydrogen) atoms. The molecule has 2 saturated carbocycles. The van der Waals surface area contributed by atoms with Crippen molar-refractivity contribution < 1.29 is 47.5 Å². The van der Waals surface area contributed by atoms with Gasteiger partial charge in [-0.3, -0.25) is 0 Å². The van der Waals surface area contributed by atoms with Crippen LogP contribution >= 0.6 is 0 Å². The molecule has 0 heterocycles. The minimum absolute atomic E-state index is 0. The van der Waals surface area contributed by atoms with E-state index in [4.69, 9.17) is 0 Å². The fraction of sp³-hybridized carbons (Fsp3) is 0.875. The summed E-state index contributed by atoms with van der Waals surface area (Å²) in [6.45, 7) is 3.59. The van der Waals surface area contributed by atoms with Crippen LogP contribution in [0.25, 0.3) is 0 Å². The van der Waals surface area contributed by atoms with Crippen molar-refractivity contribution in [2.45, 2.75) is 78.1 Å². The van der Waals surface area contributed by atoms with Gasteiger partial charge in [0.25, 0.3) is 0 Å². The third-order valence-corrected chi connectivity index (χ3v) is 4.90. The van der Waals surface area contributed by atoms with Crippen LogP contribution in [0.5, 0.6) is 0 Å². The Morgan fingerprint density at radius 2 is 0.905 bits per heavy atom. The smallest absolute Gasteiger partial charge is 0.550 e. The largest absolute Gasteiger partial charge is 2.00 e. The normalized spacial score (nSPS) is 23.0. The Morgan fingerprint density at radius 1 is 0.667 bits per heavy atom. The first-order valence-electron chi connectivity index (χ1n) is 7.73. The second-order valence-corrected chi connectivity index (χ2v) is 6.82. The van der Waals surface area contributed by atoms with E-state index < -0.39 is 22.8 Å². The Labute approximate surface area is 148 Å². The summed E-state index contributed by atoms with van der Waals surface area (Å²) in [5.41, 5.74) is -1.03. The molecule has 0 saturated heterocycles. The summed E-state index contributed by atoms with van der Waals surface area (Å²) in [5, 5.41) is 21.1. The van der Waals surface area contributed by atoms with Gasteiger partial charge in [-0.25, -0.2) is 0 Å². The van der Waals surface area contributed by atoms with Gasteiger partial charge in [-0.05, 0) is 25.7 Å². The predicted octanol–water partition coefficient (Wildman–Crippen LogP) is 1.41. The summed E-state index contributed by atoms with van der Waals surface area (Å²) in [7, 11) is 0. The van der Waals surface area contributed by atoms with Crippen molar-refractivity contribution in [3.63, 3.8) is 0 Å². The zero-order valence-electron chi connectivity index (χ0n) is 13.4. The van der Waals surface area contributed by atoms with E-state index in [-0.39, 0.29) is 27.7 Å². The van der Waals surface area contributed by atoms with Crippen molar-refractivity contribution in [3.05, 3.63) is 0 Å². The quantitative estimate of drug-likeness (QED) is 0.557. The number of carboxylic acids is 2. The fourth-order valence-electron chi connectivity index (χ4n) is 3.07. The predicted molar refractivity (Wildman–Crippen MR) is 72.4 cm³/mol. The van der Waals surface area contributed by atoms with Gasteiger partial charge in [0.05, 0.1) is 0 Å². The molecular formula is C16H26HgO4. The molecule has 5 heteroatoms. The maximum Gasteiger partial charge on any atom is 2.00 e. The van der Waals surface area contributed by atoms with Gasteiger partial charge in [0.1, 0.15) is 0 Å². The van der Waals surface area contributed by atoms with E-state index in [1.54, 1.807) is 13.8 Å². The van der Waals surface area contributed by atoms with Crippen molar-refractivity contribution in [1.29, 1.82) is 0 Å². The third kappa shape index (κ3) is 6.25. The van der Waals surface area contributed by atoms with Crippen LogP contribution in [0.15, 0.2) is 0 Å². The van der Waals surface area contributed by atoms with Crippen LogP contribution in [0.1, 0.15) is 78.1 Å². The molecule has 0 spiro atoms. The van der Waals surface area contributed by atoms with Gasteiger partial charge in [-0.2, -0.15) is 0 Å². The molecule has 0 aromatic carbocycles. The number of aliphatic carboxylic acids is 2. The van der Waals surface area contributed by atoms with Crippen LogP contribution in [0, 0.1) is 10.8 Å². The van der Waals surface area contributed by atoms with Gasteiger partial charge in [0.2, 0.25) is 0 Å². The summed E-state index contributed by atoms with van der Waals surface area (Å²) in [6, 6.07) is 0. The van der Waals surface area contributed by atoms with Gasteiger partial charge in [-0.15, -0.1) is 0 Å². The van der Waals surface area contributed by atoms with Gasteiger partial charge in [0, 0.05) is 22.8 Å². The summed E-state index contributed by atoms with van der Waals surface area (Å²) in [6.07, 6.45) is 9.75. The average Bonchev–Trinajstić information content (AvgIpc) is 2.41. The fourth-order valence-corrected chi connectivity index (χ4v) is 3.07. The minimum atomic E-state index is -0.868. The van der Waals surface area contributed by atoms with Crippen LogP contribution in [-0.2, 0) is 37.3 Å². The Hall–Kier alpha value is -0.125. The number of carbonyl (C=O) groups is 2. The van der Waals surface area contributed by atoms with Crippen molar-refractivity contribution in [2.75, 3.05) is 0 Å². The topological polar surface area (TPSA) is 80.3 Å². The Bertz CT molecular complexity index is 308. The summed E-state index contributed by atoms with van der Waals surface area (Å²) < 4.78 is 0. The number of carbonyl (C=O) groups excluding carboxylic acids is 2. The summed E-state index contributed by atoms with van der Waals surface area (Å²) >= 11 is 0. The molecule has 0 unspecified atom stereocenters. The van der Waals surface area contributed by atoms with Crippen LogP contribution in [0.2, 0.25) is 0 Å². The second kappa shape index (κ2) is 9.11. The molecule has 116 valence electrons. The minimum Gasteiger partial charge on any atom is -0.550 e. The van der Waals surface area contributed by atoms with E-state index in [0.29, 0.717) is 0 Å². The maximum atomic E-state index is 10.6. The first-order chi connectivity index (χ1) is 9.30. The molecule has 2 fully saturated rings. The molecular weight excluding hydrogens is 457 g/mol. The number of hydrogen-bond donors (Lipinski definition) is 0. The monoisotopic (exact) mass is 484 g/mol. The average molecular weight is 483 g/mol. The van der Waals surface area contributed by atoms with Crippen molar-refractivity contribution in [1.82, 2.24) is 0 Å². The molecule has 0 N–H and O–H groups in total. The van der Waals surface area contributed by atoms with Gasteiger partial charge in [0.15, 0.2) is 0 Å². The first kappa shape index (κ1) is 20.9. The third-order valence-electron chi connectivity index (χ3n) is 4.90. The van der Waals surface area contributed by atoms with E-state index in [2.05, 4.69) is 0 Å². The summed E-state index contributed by atoms with van der Waals surface area (Å²) in [4.78, 5) is 21.1. The zero-order chi connectivity index (χ0) is 15.2. The first-order valence-corrected chi connectivity index (χ1v) is 7.73. The number of hydrogen-bond acceptors (Lipinski definition) is 4. The van der Waals surface area contributed by atoms with Crippen LogP contribution < -0.4 is 10.2 Å². The molecule has 4 nitrogen and oxygen atoms in total. The molecule has 2 aliphatic rings. The standard InChI is InChI=1S/2C8H14O2.Hg/c2*1-8(7(9)10)5-3-2-4-6-8;/h2*2-6H2,1H3,(H,9,10);/q;;+2/p-2. The molecule has 0 aromatic heterocycles. The Morgan fingerprint density at radius 3 is 1.05 bits per heavy atom. The van der Waals surface area contributed by atoms with E-state index in [0.717, 1.165) is 51.4 Å². The van der Waals surface area contributed by atoms with E-state index in [9.17, 15) is 19.8 Å². The molecule has 0 aromatic rings. The van der Waals surface area contributed by atoms with Gasteiger partial charge < -0.3 is 19.8 Å². The number of carboxylic acid groups (broad SMARTS) is 2. The molecule has 0 aliphatic heterocycles. The van der Waals surface area contributed by atoms with Gasteiger partial charge in [-0.1, -0.05) is 52.4 Å². The van der Waals surface area contributed by atoms with E-state index in [1.807, 2.05) is 0 Å². The Kier molecular flexibility index (Phi) is 9.06. The van der Waals surface area contributed by atoms with Crippen molar-refractivity contribution in [3.8, 4) is 0 Å². The zero-order valence-corrected chi connectivity index (χ0v) is 18.9. The summed E-state index contributed by atoms with van der Waals surface area (Å²) in [5.74, 6) is -1.74. The van der Waals surface area contributed by atoms with E-state index >= 15 is 0 Å². The maximum absolute atomic E-state index is 10.6. The molecule has 0 amide bonds. The molecule has 0 atom stereocenters. The van der Waals surface area contributed by atoms with Crippen molar-refractivity contribution >= 4 is 11.9 Å². The second-order valence-electron chi connectivity index (χ2n) is 6.82. The van der Waals surface area contributed by atoms with Crippen molar-refractivity contribution in [2.24, 2.45) is 10.8 Å². The molecule has 0 bridgehead atoms. The van der Waals surface area contributed by atoms with E-state index in [1.165, 1.54) is 12.8 Å². The molecule has 0 radical (unpaired) electrons. The van der Waals surface area contributed by atoms with Crippen LogP contribution in [0.3, 0.4) is 0 Å².